The fraction of sp³-hybridized carbons (Fsp3) is 0.0286. The minimum atomic E-state index is 0.825. The molecule has 0 aliphatic rings. The topological polar surface area (TPSA) is 14.2 Å². The zero-order valence-corrected chi connectivity index (χ0v) is 20.7. The predicted octanol–water partition coefficient (Wildman–Crippen LogP) is 9.15. The lowest BCUT2D eigenvalue weighted by Crippen LogP contribution is -2.02. The summed E-state index contributed by atoms with van der Waals surface area (Å²) in [6.07, 6.45) is 0. The third-order valence-electron chi connectivity index (χ3n) is 6.72. The number of hydrogen-bond donors (Lipinski definition) is 0. The van der Waals surface area contributed by atoms with Crippen molar-refractivity contribution in [3.05, 3.63) is 146 Å². The van der Waals surface area contributed by atoms with E-state index in [1.165, 1.54) is 22.3 Å². The van der Waals surface area contributed by atoms with Crippen LogP contribution in [0.25, 0.3) is 50.5 Å². The van der Waals surface area contributed by atoms with Crippen molar-refractivity contribution in [1.29, 1.82) is 0 Å². The third kappa shape index (κ3) is 4.13. The number of benzene rings is 5. The van der Waals surface area contributed by atoms with Crippen molar-refractivity contribution in [2.24, 2.45) is 0 Å². The molecule has 0 saturated heterocycles. The summed E-state index contributed by atoms with van der Waals surface area (Å²) in [7, 11) is 1.74. The lowest BCUT2D eigenvalue weighted by atomic mass is 9.91. The summed E-state index contributed by atoms with van der Waals surface area (Å²) < 4.78 is 8.30. The van der Waals surface area contributed by atoms with E-state index in [0.29, 0.717) is 0 Å². The summed E-state index contributed by atoms with van der Waals surface area (Å²) in [4.78, 5) is 0. The van der Waals surface area contributed by atoms with E-state index in [4.69, 9.17) is 4.74 Å². The molecule has 0 amide bonds. The first-order valence-corrected chi connectivity index (χ1v) is 12.5. The van der Waals surface area contributed by atoms with Crippen LogP contribution in [0, 0.1) is 0 Å². The van der Waals surface area contributed by atoms with Crippen molar-refractivity contribution in [3.8, 4) is 56.2 Å². The van der Waals surface area contributed by atoms with Crippen LogP contribution in [0.4, 0.5) is 0 Å². The Hall–Kier alpha value is -4.82. The Bertz CT molecular complexity index is 1520. The van der Waals surface area contributed by atoms with Crippen LogP contribution in [0.15, 0.2) is 146 Å². The molecule has 0 N–H and O–H groups in total. The molecule has 178 valence electrons. The molecule has 0 aliphatic carbocycles. The number of nitrogens with zero attached hydrogens (tertiary/aromatic N) is 1. The van der Waals surface area contributed by atoms with Gasteiger partial charge in [0, 0.05) is 11.1 Å². The van der Waals surface area contributed by atoms with Gasteiger partial charge in [-0.05, 0) is 34.4 Å². The number of aromatic nitrogens is 1. The van der Waals surface area contributed by atoms with Crippen LogP contribution in [0.5, 0.6) is 5.75 Å². The monoisotopic (exact) mass is 477 g/mol. The molecule has 0 bridgehead atoms. The van der Waals surface area contributed by atoms with Crippen LogP contribution in [0.1, 0.15) is 0 Å². The molecular weight excluding hydrogens is 450 g/mol. The average Bonchev–Trinajstić information content (AvgIpc) is 3.35. The van der Waals surface area contributed by atoms with Gasteiger partial charge < -0.3 is 9.30 Å². The number of rotatable bonds is 6. The number of hydrogen-bond acceptors (Lipinski definition) is 1. The van der Waals surface area contributed by atoms with E-state index in [9.17, 15) is 0 Å². The Balaban J connectivity index is 1.88. The van der Waals surface area contributed by atoms with E-state index in [1.54, 1.807) is 7.11 Å². The second-order valence-electron chi connectivity index (χ2n) is 8.92. The molecule has 1 heterocycles. The molecular formula is C35H27NO. The third-order valence-corrected chi connectivity index (χ3v) is 6.72. The van der Waals surface area contributed by atoms with Crippen LogP contribution >= 0.6 is 0 Å². The highest BCUT2D eigenvalue weighted by molar-refractivity contribution is 6.03. The molecule has 0 fully saturated rings. The quantitative estimate of drug-likeness (QED) is 0.233. The Kier molecular flexibility index (Phi) is 6.14. The van der Waals surface area contributed by atoms with Gasteiger partial charge in [-0.3, -0.25) is 0 Å². The van der Waals surface area contributed by atoms with E-state index in [-0.39, 0.29) is 0 Å². The van der Waals surface area contributed by atoms with Crippen LogP contribution < -0.4 is 4.74 Å². The Morgan fingerprint density at radius 3 is 1.16 bits per heavy atom. The van der Waals surface area contributed by atoms with E-state index in [0.717, 1.165) is 34.0 Å². The molecule has 0 atom stereocenters. The zero-order valence-electron chi connectivity index (χ0n) is 20.7. The van der Waals surface area contributed by atoms with Crippen LogP contribution in [-0.2, 0) is 0 Å². The molecule has 0 aliphatic heterocycles. The fourth-order valence-electron chi connectivity index (χ4n) is 5.14. The molecule has 0 unspecified atom stereocenters. The minimum absolute atomic E-state index is 0.825. The summed E-state index contributed by atoms with van der Waals surface area (Å²) in [5.41, 5.74) is 10.3. The smallest absolute Gasteiger partial charge is 0.142 e. The normalized spacial score (nSPS) is 10.8. The maximum absolute atomic E-state index is 5.92. The van der Waals surface area contributed by atoms with Gasteiger partial charge in [0.2, 0.25) is 0 Å². The SMILES string of the molecule is COc1ccccc1-n1c(-c2ccccc2)c(-c2ccccc2)c(-c2ccccc2)c1-c1ccccc1. The van der Waals surface area contributed by atoms with Crippen LogP contribution in [0.3, 0.4) is 0 Å². The summed E-state index contributed by atoms with van der Waals surface area (Å²) in [6.45, 7) is 0. The van der Waals surface area contributed by atoms with E-state index >= 15 is 0 Å². The summed E-state index contributed by atoms with van der Waals surface area (Å²) >= 11 is 0. The standard InChI is InChI=1S/C35H27NO/c1-37-31-25-15-14-24-30(31)36-34(28-20-10-4-11-21-28)32(26-16-6-2-7-17-26)33(27-18-8-3-9-19-27)35(36)29-22-12-5-13-23-29/h2-25H,1H3. The fourth-order valence-corrected chi connectivity index (χ4v) is 5.14. The Morgan fingerprint density at radius 2 is 0.757 bits per heavy atom. The van der Waals surface area contributed by atoms with Gasteiger partial charge in [0.05, 0.1) is 24.2 Å². The zero-order chi connectivity index (χ0) is 25.0. The molecule has 5 aromatic carbocycles. The number of ether oxygens (including phenoxy) is 1. The van der Waals surface area contributed by atoms with Gasteiger partial charge in [0.15, 0.2) is 0 Å². The van der Waals surface area contributed by atoms with Crippen molar-refractivity contribution in [2.45, 2.75) is 0 Å². The molecule has 1 aromatic heterocycles. The summed E-state index contributed by atoms with van der Waals surface area (Å²) in [5.74, 6) is 0.825. The van der Waals surface area contributed by atoms with Crippen molar-refractivity contribution in [3.63, 3.8) is 0 Å². The van der Waals surface area contributed by atoms with Gasteiger partial charge in [-0.25, -0.2) is 0 Å². The molecule has 0 spiro atoms. The lowest BCUT2D eigenvalue weighted by Gasteiger charge is -2.18. The van der Waals surface area contributed by atoms with Crippen molar-refractivity contribution in [2.75, 3.05) is 7.11 Å². The summed E-state index contributed by atoms with van der Waals surface area (Å²) in [6, 6.07) is 51.0. The van der Waals surface area contributed by atoms with E-state index in [2.05, 4.69) is 138 Å². The maximum atomic E-state index is 5.92. The Labute approximate surface area is 218 Å². The highest BCUT2D eigenvalue weighted by Crippen LogP contribution is 2.50. The van der Waals surface area contributed by atoms with Crippen LogP contribution in [-0.4, -0.2) is 11.7 Å². The van der Waals surface area contributed by atoms with E-state index in [1.807, 2.05) is 12.1 Å². The van der Waals surface area contributed by atoms with Crippen molar-refractivity contribution >= 4 is 0 Å². The van der Waals surface area contributed by atoms with Gasteiger partial charge in [0.25, 0.3) is 0 Å². The highest BCUT2D eigenvalue weighted by atomic mass is 16.5. The molecule has 2 heteroatoms. The van der Waals surface area contributed by atoms with Gasteiger partial charge >= 0.3 is 0 Å². The molecule has 0 radical (unpaired) electrons. The first kappa shape index (κ1) is 22.6. The largest absolute Gasteiger partial charge is 0.495 e. The summed E-state index contributed by atoms with van der Waals surface area (Å²) in [5, 5.41) is 0. The average molecular weight is 478 g/mol. The molecule has 37 heavy (non-hydrogen) atoms. The first-order chi connectivity index (χ1) is 18.4. The first-order valence-electron chi connectivity index (χ1n) is 12.5. The second kappa shape index (κ2) is 10.0. The van der Waals surface area contributed by atoms with Crippen molar-refractivity contribution < 1.29 is 4.74 Å². The molecule has 6 rings (SSSR count). The van der Waals surface area contributed by atoms with Crippen molar-refractivity contribution in [1.82, 2.24) is 4.57 Å². The van der Waals surface area contributed by atoms with E-state index < -0.39 is 0 Å². The molecule has 0 saturated carbocycles. The minimum Gasteiger partial charge on any atom is -0.495 e. The van der Waals surface area contributed by atoms with Gasteiger partial charge in [0.1, 0.15) is 5.75 Å². The van der Waals surface area contributed by atoms with Crippen LogP contribution in [0.2, 0.25) is 0 Å². The molecule has 6 aromatic rings. The predicted molar refractivity (Wildman–Crippen MR) is 154 cm³/mol. The lowest BCUT2D eigenvalue weighted by molar-refractivity contribution is 0.413. The maximum Gasteiger partial charge on any atom is 0.142 e. The van der Waals surface area contributed by atoms with Gasteiger partial charge in [-0.2, -0.15) is 0 Å². The Morgan fingerprint density at radius 1 is 0.405 bits per heavy atom. The number of methoxy groups -OCH3 is 1. The van der Waals surface area contributed by atoms with Gasteiger partial charge in [-0.1, -0.05) is 133 Å². The van der Waals surface area contributed by atoms with Gasteiger partial charge in [-0.15, -0.1) is 0 Å². The highest BCUT2D eigenvalue weighted by Gasteiger charge is 2.28. The number of para-hydroxylation sites is 2. The molecule has 2 nitrogen and oxygen atoms in total. The second-order valence-corrected chi connectivity index (χ2v) is 8.92.